The predicted molar refractivity (Wildman–Crippen MR) is 138 cm³/mol. The number of nitrogens with two attached hydrogens (primary N) is 1. The third kappa shape index (κ3) is 4.59. The summed E-state index contributed by atoms with van der Waals surface area (Å²) < 4.78 is 28.9. The van der Waals surface area contributed by atoms with E-state index >= 15 is 0 Å². The van der Waals surface area contributed by atoms with Gasteiger partial charge in [0.2, 0.25) is 0 Å². The number of nitrogens with one attached hydrogen (secondary N) is 3. The number of anilines is 1. The van der Waals surface area contributed by atoms with Crippen LogP contribution in [0.4, 0.5) is 5.69 Å². The quantitative estimate of drug-likeness (QED) is 0.201. The van der Waals surface area contributed by atoms with Crippen LogP contribution in [0, 0.1) is 5.41 Å². The maximum Gasteiger partial charge on any atom is 0.264 e. The molecule has 0 fully saturated rings. The van der Waals surface area contributed by atoms with E-state index in [9.17, 15) is 8.42 Å². The van der Waals surface area contributed by atoms with Gasteiger partial charge in [0.05, 0.1) is 5.52 Å². The Kier molecular flexibility index (Phi) is 6.28. The number of para-hydroxylation sites is 1. The fourth-order valence-electron chi connectivity index (χ4n) is 3.88. The maximum absolute atomic E-state index is 13.1. The van der Waals surface area contributed by atoms with Crippen molar-refractivity contribution in [2.75, 3.05) is 4.72 Å². The summed E-state index contributed by atoms with van der Waals surface area (Å²) in [6, 6.07) is 23.7. The standard InChI is InChI=1S/C25H21N5O2S.ClH/c26-25(27)18-8-6-16(7-9-18)13-21-15-19-14-20(10-11-22(19)29-21)30-33(31,32)23-5-1-3-17-4-2-12-28-24(17)23;/h1-12,14-15,29-30H,13H2,(H3,26,27);1H. The van der Waals surface area contributed by atoms with E-state index in [0.717, 1.165) is 27.5 Å². The van der Waals surface area contributed by atoms with Crippen molar-refractivity contribution in [3.05, 3.63) is 102 Å². The van der Waals surface area contributed by atoms with Crippen LogP contribution in [-0.2, 0) is 16.4 Å². The second-order valence-electron chi connectivity index (χ2n) is 7.82. The van der Waals surface area contributed by atoms with Crippen LogP contribution in [0.3, 0.4) is 0 Å². The molecule has 0 saturated heterocycles. The van der Waals surface area contributed by atoms with Crippen LogP contribution in [0.2, 0.25) is 0 Å². The number of aromatic amines is 1. The second kappa shape index (κ2) is 9.17. The van der Waals surface area contributed by atoms with E-state index in [0.29, 0.717) is 23.2 Å². The molecule has 0 aliphatic rings. The number of halogens is 1. The average molecular weight is 492 g/mol. The molecule has 3 aromatic carbocycles. The first-order chi connectivity index (χ1) is 15.9. The Labute approximate surface area is 203 Å². The first-order valence-corrected chi connectivity index (χ1v) is 11.8. The van der Waals surface area contributed by atoms with Crippen molar-refractivity contribution in [1.29, 1.82) is 5.41 Å². The number of fused-ring (bicyclic) bond motifs is 2. The molecular formula is C25H22ClN5O2S. The van der Waals surface area contributed by atoms with E-state index in [1.54, 1.807) is 30.5 Å². The summed E-state index contributed by atoms with van der Waals surface area (Å²) >= 11 is 0. The number of rotatable bonds is 6. The molecule has 0 spiro atoms. The van der Waals surface area contributed by atoms with Crippen LogP contribution in [0.5, 0.6) is 0 Å². The Bertz CT molecular complexity index is 1610. The van der Waals surface area contributed by atoms with Gasteiger partial charge in [0.1, 0.15) is 10.7 Å². The van der Waals surface area contributed by atoms with E-state index in [2.05, 4.69) is 14.7 Å². The lowest BCUT2D eigenvalue weighted by atomic mass is 10.1. The van der Waals surface area contributed by atoms with Crippen molar-refractivity contribution in [3.63, 3.8) is 0 Å². The van der Waals surface area contributed by atoms with Crippen LogP contribution in [0.15, 0.2) is 90.0 Å². The fourth-order valence-corrected chi connectivity index (χ4v) is 5.11. The molecule has 0 bridgehead atoms. The zero-order valence-electron chi connectivity index (χ0n) is 17.9. The molecule has 2 aromatic heterocycles. The highest BCUT2D eigenvalue weighted by atomic mass is 35.5. The maximum atomic E-state index is 13.1. The van der Waals surface area contributed by atoms with Crippen LogP contribution < -0.4 is 10.5 Å². The average Bonchev–Trinajstić information content (AvgIpc) is 3.20. The number of hydrogen-bond donors (Lipinski definition) is 4. The summed E-state index contributed by atoms with van der Waals surface area (Å²) in [7, 11) is -3.81. The van der Waals surface area contributed by atoms with E-state index in [1.807, 2.05) is 54.6 Å². The van der Waals surface area contributed by atoms with Gasteiger partial charge < -0.3 is 10.7 Å². The van der Waals surface area contributed by atoms with Crippen molar-refractivity contribution in [1.82, 2.24) is 9.97 Å². The first kappa shape index (κ1) is 23.3. The third-order valence-electron chi connectivity index (χ3n) is 5.47. The molecule has 0 atom stereocenters. The third-order valence-corrected chi connectivity index (χ3v) is 6.89. The summed E-state index contributed by atoms with van der Waals surface area (Å²) in [6.07, 6.45) is 2.26. The summed E-state index contributed by atoms with van der Waals surface area (Å²) in [4.78, 5) is 7.77. The molecule has 34 heavy (non-hydrogen) atoms. The Morgan fingerprint density at radius 3 is 2.50 bits per heavy atom. The largest absolute Gasteiger partial charge is 0.384 e. The van der Waals surface area contributed by atoms with E-state index in [1.165, 1.54) is 0 Å². The summed E-state index contributed by atoms with van der Waals surface area (Å²) in [5, 5.41) is 9.17. The van der Waals surface area contributed by atoms with Crippen molar-refractivity contribution in [3.8, 4) is 0 Å². The Hall–Kier alpha value is -3.88. The Morgan fingerprint density at radius 1 is 0.971 bits per heavy atom. The van der Waals surface area contributed by atoms with E-state index in [-0.39, 0.29) is 23.1 Å². The van der Waals surface area contributed by atoms with Crippen molar-refractivity contribution >= 4 is 55.8 Å². The minimum absolute atomic E-state index is 0. The summed E-state index contributed by atoms with van der Waals surface area (Å²) in [5.74, 6) is 0.0430. The molecule has 5 aromatic rings. The van der Waals surface area contributed by atoms with Gasteiger partial charge in [-0.2, -0.15) is 0 Å². The molecule has 0 saturated carbocycles. The zero-order valence-corrected chi connectivity index (χ0v) is 19.6. The highest BCUT2D eigenvalue weighted by Gasteiger charge is 2.18. The zero-order chi connectivity index (χ0) is 23.0. The number of amidine groups is 1. The number of aromatic nitrogens is 2. The van der Waals surface area contributed by atoms with E-state index in [4.69, 9.17) is 11.1 Å². The molecular weight excluding hydrogens is 470 g/mol. The second-order valence-corrected chi connectivity index (χ2v) is 9.47. The van der Waals surface area contributed by atoms with Crippen LogP contribution in [0.25, 0.3) is 21.8 Å². The normalized spacial score (nSPS) is 11.3. The molecule has 0 unspecified atom stereocenters. The van der Waals surface area contributed by atoms with Gasteiger partial charge in [-0.25, -0.2) is 8.42 Å². The monoisotopic (exact) mass is 491 g/mol. The number of pyridine rings is 1. The van der Waals surface area contributed by atoms with Crippen molar-refractivity contribution in [2.45, 2.75) is 11.3 Å². The summed E-state index contributed by atoms with van der Waals surface area (Å²) in [6.45, 7) is 0. The van der Waals surface area contributed by atoms with Gasteiger partial charge in [-0.05, 0) is 42.0 Å². The minimum atomic E-state index is -3.81. The lowest BCUT2D eigenvalue weighted by Gasteiger charge is -2.10. The van der Waals surface area contributed by atoms with Gasteiger partial charge in [0.15, 0.2) is 0 Å². The molecule has 2 heterocycles. The van der Waals surface area contributed by atoms with Gasteiger partial charge in [-0.3, -0.25) is 15.1 Å². The minimum Gasteiger partial charge on any atom is -0.384 e. The molecule has 172 valence electrons. The lowest BCUT2D eigenvalue weighted by Crippen LogP contribution is -2.13. The van der Waals surface area contributed by atoms with E-state index < -0.39 is 10.0 Å². The smallest absolute Gasteiger partial charge is 0.264 e. The number of H-pyrrole nitrogens is 1. The number of benzene rings is 3. The number of nitrogens with zero attached hydrogens (tertiary/aromatic N) is 1. The van der Waals surface area contributed by atoms with Gasteiger partial charge in [-0.15, -0.1) is 12.4 Å². The van der Waals surface area contributed by atoms with Gasteiger partial charge >= 0.3 is 0 Å². The van der Waals surface area contributed by atoms with Crippen molar-refractivity contribution < 1.29 is 8.42 Å². The fraction of sp³-hybridized carbons (Fsp3) is 0.0400. The van der Waals surface area contributed by atoms with Crippen LogP contribution >= 0.6 is 12.4 Å². The number of hydrogen-bond acceptors (Lipinski definition) is 4. The topological polar surface area (TPSA) is 125 Å². The van der Waals surface area contributed by atoms with Gasteiger partial charge in [-0.1, -0.05) is 42.5 Å². The van der Waals surface area contributed by atoms with Crippen LogP contribution in [-0.4, -0.2) is 24.2 Å². The van der Waals surface area contributed by atoms with Gasteiger partial charge in [0, 0.05) is 45.9 Å². The summed E-state index contributed by atoms with van der Waals surface area (Å²) in [5.41, 5.74) is 10.1. The lowest BCUT2D eigenvalue weighted by molar-refractivity contribution is 0.602. The number of nitrogen functional groups attached to an aromatic ring is 1. The van der Waals surface area contributed by atoms with Crippen molar-refractivity contribution in [2.24, 2.45) is 5.73 Å². The Morgan fingerprint density at radius 2 is 1.74 bits per heavy atom. The van der Waals surface area contributed by atoms with Gasteiger partial charge in [0.25, 0.3) is 10.0 Å². The first-order valence-electron chi connectivity index (χ1n) is 10.3. The number of sulfonamides is 1. The van der Waals surface area contributed by atoms with Crippen LogP contribution in [0.1, 0.15) is 16.8 Å². The SMILES string of the molecule is Cl.N=C(N)c1ccc(Cc2cc3cc(NS(=O)(=O)c4cccc5cccnc45)ccc3[nH]2)cc1. The highest BCUT2D eigenvalue weighted by Crippen LogP contribution is 2.26. The molecule has 5 N–H and O–H groups in total. The predicted octanol–water partition coefficient (Wildman–Crippen LogP) is 4.81. The molecule has 9 heteroatoms. The molecule has 0 aliphatic heterocycles. The highest BCUT2D eigenvalue weighted by molar-refractivity contribution is 7.93. The molecule has 0 aliphatic carbocycles. The molecule has 7 nitrogen and oxygen atoms in total. The molecule has 0 amide bonds. The molecule has 0 radical (unpaired) electrons. The molecule has 5 rings (SSSR count). The Balaban J connectivity index is 0.00000274.